The lowest BCUT2D eigenvalue weighted by atomic mass is 10.1. The van der Waals surface area contributed by atoms with E-state index in [2.05, 4.69) is 20.6 Å². The van der Waals surface area contributed by atoms with Gasteiger partial charge in [0, 0.05) is 24.7 Å². The summed E-state index contributed by atoms with van der Waals surface area (Å²) in [6, 6.07) is 0.0401. The van der Waals surface area contributed by atoms with Crippen molar-refractivity contribution in [3.05, 3.63) is 17.1 Å². The maximum absolute atomic E-state index is 11.7. The van der Waals surface area contributed by atoms with Gasteiger partial charge in [-0.2, -0.15) is 0 Å². The van der Waals surface area contributed by atoms with Crippen LogP contribution in [-0.4, -0.2) is 35.0 Å². The average molecular weight is 235 g/mol. The maximum atomic E-state index is 11.7. The molecule has 0 saturated heterocycles. The Kier molecular flexibility index (Phi) is 3.23. The molecule has 0 bridgehead atoms. The molecule has 1 atom stereocenters. The highest BCUT2D eigenvalue weighted by molar-refractivity contribution is 5.95. The summed E-state index contributed by atoms with van der Waals surface area (Å²) in [4.78, 5) is 20.2. The minimum atomic E-state index is -0.124. The first-order chi connectivity index (χ1) is 8.08. The number of anilines is 1. The van der Waals surface area contributed by atoms with Gasteiger partial charge in [0.15, 0.2) is 0 Å². The number of fused-ring (bicyclic) bond motifs is 1. The van der Waals surface area contributed by atoms with Crippen molar-refractivity contribution < 1.29 is 4.79 Å². The number of nitrogens with one attached hydrogen (secondary N) is 2. The fourth-order valence-corrected chi connectivity index (χ4v) is 1.81. The number of aromatic nitrogens is 2. The Morgan fingerprint density at radius 3 is 3.00 bits per heavy atom. The lowest BCUT2D eigenvalue weighted by Crippen LogP contribution is -2.34. The number of rotatable bonds is 3. The summed E-state index contributed by atoms with van der Waals surface area (Å²) in [5.74, 6) is 1.20. The topological polar surface area (TPSA) is 92.9 Å². The molecule has 2 heterocycles. The third kappa shape index (κ3) is 2.52. The first-order valence-electron chi connectivity index (χ1n) is 5.73. The Hall–Kier alpha value is -1.69. The molecule has 0 fully saturated rings. The number of amides is 1. The van der Waals surface area contributed by atoms with Crippen molar-refractivity contribution in [2.45, 2.75) is 26.3 Å². The summed E-state index contributed by atoms with van der Waals surface area (Å²) in [5.41, 5.74) is 7.07. The maximum Gasteiger partial charge on any atom is 0.270 e. The number of carbonyl (C=O) groups excluding carboxylic acids is 1. The fourth-order valence-electron chi connectivity index (χ4n) is 1.81. The third-order valence-electron chi connectivity index (χ3n) is 2.59. The molecule has 1 aromatic rings. The molecule has 0 radical (unpaired) electrons. The van der Waals surface area contributed by atoms with Crippen LogP contribution in [0.4, 0.5) is 5.82 Å². The van der Waals surface area contributed by atoms with Crippen LogP contribution in [0.15, 0.2) is 0 Å². The average Bonchev–Trinajstić information content (AvgIpc) is 2.27. The van der Waals surface area contributed by atoms with E-state index in [1.807, 2.05) is 6.92 Å². The number of carbonyl (C=O) groups is 1. The van der Waals surface area contributed by atoms with Crippen molar-refractivity contribution in [2.24, 2.45) is 5.73 Å². The smallest absolute Gasteiger partial charge is 0.270 e. The molecule has 92 valence electrons. The molecule has 1 aliphatic heterocycles. The number of nitrogens with zero attached hydrogens (tertiary/aromatic N) is 2. The van der Waals surface area contributed by atoms with E-state index >= 15 is 0 Å². The molecule has 0 spiro atoms. The normalized spacial score (nSPS) is 16.1. The van der Waals surface area contributed by atoms with Gasteiger partial charge < -0.3 is 16.4 Å². The molecule has 0 saturated carbocycles. The van der Waals surface area contributed by atoms with Crippen LogP contribution >= 0.6 is 0 Å². The molecule has 1 aromatic heterocycles. The first kappa shape index (κ1) is 11.8. The monoisotopic (exact) mass is 235 g/mol. The second-order valence-electron chi connectivity index (χ2n) is 4.31. The van der Waals surface area contributed by atoms with E-state index in [-0.39, 0.29) is 11.9 Å². The fraction of sp³-hybridized carbons (Fsp3) is 0.545. The zero-order valence-corrected chi connectivity index (χ0v) is 10.1. The molecule has 0 aromatic carbocycles. The number of aryl methyl sites for hydroxylation is 1. The van der Waals surface area contributed by atoms with Gasteiger partial charge in [0.1, 0.15) is 17.3 Å². The Morgan fingerprint density at radius 1 is 1.53 bits per heavy atom. The summed E-state index contributed by atoms with van der Waals surface area (Å²) in [6.45, 7) is 4.95. The second kappa shape index (κ2) is 4.67. The Labute approximate surface area is 100 Å². The minimum Gasteiger partial charge on any atom is -0.368 e. The van der Waals surface area contributed by atoms with Gasteiger partial charge in [0.05, 0.1) is 0 Å². The number of nitrogens with two attached hydrogens (primary N) is 1. The van der Waals surface area contributed by atoms with Crippen molar-refractivity contribution in [3.63, 3.8) is 0 Å². The van der Waals surface area contributed by atoms with Crippen LogP contribution in [0.2, 0.25) is 0 Å². The zero-order chi connectivity index (χ0) is 12.4. The van der Waals surface area contributed by atoms with Crippen LogP contribution in [-0.2, 0) is 6.42 Å². The van der Waals surface area contributed by atoms with Gasteiger partial charge in [-0.25, -0.2) is 9.97 Å². The Morgan fingerprint density at radius 2 is 2.29 bits per heavy atom. The lowest BCUT2D eigenvalue weighted by molar-refractivity contribution is 0.0940. The van der Waals surface area contributed by atoms with Gasteiger partial charge in [0.25, 0.3) is 5.91 Å². The number of hydrogen-bond donors (Lipinski definition) is 3. The summed E-state index contributed by atoms with van der Waals surface area (Å²) in [5, 5.41) is 5.95. The predicted octanol–water partition coefficient (Wildman–Crippen LogP) is -0.170. The van der Waals surface area contributed by atoms with E-state index in [0.717, 1.165) is 17.8 Å². The van der Waals surface area contributed by atoms with Gasteiger partial charge in [-0.15, -0.1) is 0 Å². The van der Waals surface area contributed by atoms with E-state index in [4.69, 9.17) is 5.73 Å². The number of hydrogen-bond acceptors (Lipinski definition) is 5. The van der Waals surface area contributed by atoms with E-state index < -0.39 is 0 Å². The molecule has 6 nitrogen and oxygen atoms in total. The largest absolute Gasteiger partial charge is 0.368 e. The molecule has 17 heavy (non-hydrogen) atoms. The SMILES string of the molecule is Cc1nc(NC[C@H](C)N)c2c(n1)C(=O)NCC2. The minimum absolute atomic E-state index is 0.0401. The van der Waals surface area contributed by atoms with Crippen LogP contribution in [0, 0.1) is 6.92 Å². The highest BCUT2D eigenvalue weighted by Gasteiger charge is 2.22. The van der Waals surface area contributed by atoms with Gasteiger partial charge in [-0.3, -0.25) is 4.79 Å². The zero-order valence-electron chi connectivity index (χ0n) is 10.1. The van der Waals surface area contributed by atoms with Crippen molar-refractivity contribution in [1.29, 1.82) is 0 Å². The summed E-state index contributed by atoms with van der Waals surface area (Å²) < 4.78 is 0. The molecule has 0 aliphatic carbocycles. The quantitative estimate of drug-likeness (QED) is 0.676. The van der Waals surface area contributed by atoms with Crippen LogP contribution in [0.25, 0.3) is 0 Å². The van der Waals surface area contributed by atoms with Crippen molar-refractivity contribution in [2.75, 3.05) is 18.4 Å². The molecule has 6 heteroatoms. The summed E-state index contributed by atoms with van der Waals surface area (Å²) in [6.07, 6.45) is 0.753. The molecule has 1 aliphatic rings. The highest BCUT2D eigenvalue weighted by atomic mass is 16.1. The molecular formula is C11H17N5O. The highest BCUT2D eigenvalue weighted by Crippen LogP contribution is 2.19. The standard InChI is InChI=1S/C11H17N5O/c1-6(12)5-14-10-8-3-4-13-11(17)9(8)15-7(2)16-10/h6H,3-5,12H2,1-2H3,(H,13,17)(H,14,15,16)/t6-/m0/s1. The van der Waals surface area contributed by atoms with Crippen molar-refractivity contribution >= 4 is 11.7 Å². The molecule has 0 unspecified atom stereocenters. The second-order valence-corrected chi connectivity index (χ2v) is 4.31. The summed E-state index contributed by atoms with van der Waals surface area (Å²) in [7, 11) is 0. The van der Waals surface area contributed by atoms with Gasteiger partial charge >= 0.3 is 0 Å². The molecule has 1 amide bonds. The Balaban J connectivity index is 2.34. The van der Waals surface area contributed by atoms with Crippen molar-refractivity contribution in [1.82, 2.24) is 15.3 Å². The van der Waals surface area contributed by atoms with E-state index in [0.29, 0.717) is 24.6 Å². The molecule has 4 N–H and O–H groups in total. The predicted molar refractivity (Wildman–Crippen MR) is 64.9 cm³/mol. The molecular weight excluding hydrogens is 218 g/mol. The van der Waals surface area contributed by atoms with Gasteiger partial charge in [0.2, 0.25) is 0 Å². The summed E-state index contributed by atoms with van der Waals surface area (Å²) >= 11 is 0. The van der Waals surface area contributed by atoms with Crippen LogP contribution in [0.3, 0.4) is 0 Å². The van der Waals surface area contributed by atoms with Crippen LogP contribution in [0.5, 0.6) is 0 Å². The Bertz CT molecular complexity index is 444. The van der Waals surface area contributed by atoms with E-state index in [1.165, 1.54) is 0 Å². The third-order valence-corrected chi connectivity index (χ3v) is 2.59. The van der Waals surface area contributed by atoms with Gasteiger partial charge in [-0.05, 0) is 20.3 Å². The van der Waals surface area contributed by atoms with Gasteiger partial charge in [-0.1, -0.05) is 0 Å². The van der Waals surface area contributed by atoms with E-state index in [9.17, 15) is 4.79 Å². The van der Waals surface area contributed by atoms with Crippen molar-refractivity contribution in [3.8, 4) is 0 Å². The van der Waals surface area contributed by atoms with Crippen LogP contribution in [0.1, 0.15) is 28.8 Å². The van der Waals surface area contributed by atoms with Crippen LogP contribution < -0.4 is 16.4 Å². The first-order valence-corrected chi connectivity index (χ1v) is 5.73. The molecule has 2 rings (SSSR count). The lowest BCUT2D eigenvalue weighted by Gasteiger charge is -2.20. The van der Waals surface area contributed by atoms with E-state index in [1.54, 1.807) is 6.92 Å².